The third-order valence-corrected chi connectivity index (χ3v) is 6.07. The van der Waals surface area contributed by atoms with Gasteiger partial charge in [0.05, 0.1) is 24.8 Å². The Balaban J connectivity index is 1.66. The fraction of sp³-hybridized carbons (Fsp3) is 0.619. The number of rotatable bonds is 4. The smallest absolute Gasteiger partial charge is 0.255 e. The molecule has 2 aliphatic rings. The predicted molar refractivity (Wildman–Crippen MR) is 108 cm³/mol. The summed E-state index contributed by atoms with van der Waals surface area (Å²) in [5.41, 5.74) is 0.161. The highest BCUT2D eigenvalue weighted by Crippen LogP contribution is 2.26. The standard InChI is InChI=1S/C21H31N3O5/c1-14(25)23-9-11-24(12-10-23)18-6-4-3-5-17(20(18)27)22-21(28)16-8-7-15(29-2)13-19(16)26/h7-8,13,17-18,20,26-27H,3-6,9-12H2,1-2H3,(H,22,28)/t17-,18-,20-/m1/s1. The van der Waals surface area contributed by atoms with E-state index in [1.807, 2.05) is 4.90 Å². The number of aliphatic hydroxyl groups excluding tert-OH is 1. The minimum atomic E-state index is -0.703. The number of nitrogens with one attached hydrogen (secondary N) is 1. The number of nitrogens with zero attached hydrogens (tertiary/aromatic N) is 2. The van der Waals surface area contributed by atoms with Gasteiger partial charge in [-0.05, 0) is 25.0 Å². The molecular formula is C21H31N3O5. The molecule has 1 saturated carbocycles. The highest BCUT2D eigenvalue weighted by Gasteiger charge is 2.36. The first-order chi connectivity index (χ1) is 13.9. The summed E-state index contributed by atoms with van der Waals surface area (Å²) in [6.45, 7) is 4.35. The quantitative estimate of drug-likeness (QED) is 0.645. The van der Waals surface area contributed by atoms with Crippen molar-refractivity contribution in [1.29, 1.82) is 0 Å². The lowest BCUT2D eigenvalue weighted by molar-refractivity contribution is -0.131. The van der Waals surface area contributed by atoms with Crippen LogP contribution in [0, 0.1) is 0 Å². The third-order valence-electron chi connectivity index (χ3n) is 6.07. The van der Waals surface area contributed by atoms with Crippen LogP contribution in [0.5, 0.6) is 11.5 Å². The average Bonchev–Trinajstić information content (AvgIpc) is 2.89. The maximum Gasteiger partial charge on any atom is 0.255 e. The molecule has 160 valence electrons. The van der Waals surface area contributed by atoms with Crippen molar-refractivity contribution in [1.82, 2.24) is 15.1 Å². The Bertz CT molecular complexity index is 733. The van der Waals surface area contributed by atoms with Crippen LogP contribution in [-0.2, 0) is 4.79 Å². The van der Waals surface area contributed by atoms with Crippen molar-refractivity contribution in [3.63, 3.8) is 0 Å². The van der Waals surface area contributed by atoms with Crippen LogP contribution in [0.3, 0.4) is 0 Å². The number of hydrogen-bond acceptors (Lipinski definition) is 6. The van der Waals surface area contributed by atoms with Crippen LogP contribution in [0.15, 0.2) is 18.2 Å². The number of hydrogen-bond donors (Lipinski definition) is 3. The van der Waals surface area contributed by atoms with Crippen LogP contribution in [0.4, 0.5) is 0 Å². The molecule has 8 nitrogen and oxygen atoms in total. The average molecular weight is 405 g/mol. The molecule has 3 atom stereocenters. The molecule has 2 amide bonds. The molecule has 2 fully saturated rings. The van der Waals surface area contributed by atoms with E-state index in [2.05, 4.69) is 10.2 Å². The van der Waals surface area contributed by atoms with E-state index in [9.17, 15) is 19.8 Å². The van der Waals surface area contributed by atoms with Crippen LogP contribution < -0.4 is 10.1 Å². The summed E-state index contributed by atoms with van der Waals surface area (Å²) in [4.78, 5) is 28.3. The SMILES string of the molecule is COc1ccc(C(=O)N[C@@H]2CCCC[C@@H](N3CCN(C(C)=O)CC3)[C@@H]2O)c(O)c1. The van der Waals surface area contributed by atoms with Gasteiger partial charge in [-0.25, -0.2) is 0 Å². The van der Waals surface area contributed by atoms with E-state index in [1.54, 1.807) is 13.0 Å². The van der Waals surface area contributed by atoms with Gasteiger partial charge in [-0.15, -0.1) is 0 Å². The molecule has 0 unspecified atom stereocenters. The molecule has 29 heavy (non-hydrogen) atoms. The van der Waals surface area contributed by atoms with Crippen molar-refractivity contribution < 1.29 is 24.5 Å². The van der Waals surface area contributed by atoms with Crippen molar-refractivity contribution >= 4 is 11.8 Å². The van der Waals surface area contributed by atoms with Gasteiger partial charge in [0.25, 0.3) is 5.91 Å². The Morgan fingerprint density at radius 2 is 1.83 bits per heavy atom. The number of aliphatic hydroxyl groups is 1. The number of benzene rings is 1. The number of methoxy groups -OCH3 is 1. The first-order valence-electron chi connectivity index (χ1n) is 10.3. The van der Waals surface area contributed by atoms with Gasteiger partial charge in [-0.3, -0.25) is 14.5 Å². The number of amides is 2. The second-order valence-electron chi connectivity index (χ2n) is 7.85. The molecule has 3 rings (SSSR count). The topological polar surface area (TPSA) is 102 Å². The van der Waals surface area contributed by atoms with Crippen molar-refractivity contribution in [2.45, 2.75) is 50.8 Å². The predicted octanol–water partition coefficient (Wildman–Crippen LogP) is 0.967. The van der Waals surface area contributed by atoms with Crippen molar-refractivity contribution in [3.8, 4) is 11.5 Å². The van der Waals surface area contributed by atoms with Crippen LogP contribution in [-0.4, -0.2) is 83.3 Å². The number of ether oxygens (including phenoxy) is 1. The van der Waals surface area contributed by atoms with E-state index in [-0.39, 0.29) is 29.3 Å². The van der Waals surface area contributed by atoms with E-state index in [4.69, 9.17) is 4.74 Å². The Labute approximate surface area is 171 Å². The molecule has 1 saturated heterocycles. The fourth-order valence-electron chi connectivity index (χ4n) is 4.33. The van der Waals surface area contributed by atoms with Gasteiger partial charge < -0.3 is 25.2 Å². The first-order valence-corrected chi connectivity index (χ1v) is 10.3. The Hall–Kier alpha value is -2.32. The molecule has 0 radical (unpaired) electrons. The normalized spacial score (nSPS) is 25.9. The molecule has 1 heterocycles. The molecule has 0 bridgehead atoms. The molecule has 8 heteroatoms. The van der Waals surface area contributed by atoms with E-state index in [1.165, 1.54) is 19.2 Å². The fourth-order valence-corrected chi connectivity index (χ4v) is 4.33. The summed E-state index contributed by atoms with van der Waals surface area (Å²) >= 11 is 0. The third kappa shape index (κ3) is 5.00. The number of carbonyl (C=O) groups excluding carboxylic acids is 2. The van der Waals surface area contributed by atoms with Crippen LogP contribution in [0.2, 0.25) is 0 Å². The van der Waals surface area contributed by atoms with Crippen LogP contribution in [0.25, 0.3) is 0 Å². The van der Waals surface area contributed by atoms with E-state index in [0.29, 0.717) is 25.3 Å². The number of piperazine rings is 1. The summed E-state index contributed by atoms with van der Waals surface area (Å²) in [6.07, 6.45) is 2.75. The zero-order valence-electron chi connectivity index (χ0n) is 17.1. The molecule has 1 aliphatic heterocycles. The maximum absolute atomic E-state index is 12.7. The van der Waals surface area contributed by atoms with Crippen molar-refractivity contribution in [2.75, 3.05) is 33.3 Å². The lowest BCUT2D eigenvalue weighted by Gasteiger charge is -2.41. The van der Waals surface area contributed by atoms with Gasteiger partial charge in [0, 0.05) is 45.2 Å². The zero-order valence-corrected chi connectivity index (χ0v) is 17.1. The van der Waals surface area contributed by atoms with Gasteiger partial charge in [0.1, 0.15) is 11.5 Å². The highest BCUT2D eigenvalue weighted by atomic mass is 16.5. The lowest BCUT2D eigenvalue weighted by atomic mass is 9.98. The largest absolute Gasteiger partial charge is 0.507 e. The lowest BCUT2D eigenvalue weighted by Crippen LogP contribution is -2.58. The minimum Gasteiger partial charge on any atom is -0.507 e. The minimum absolute atomic E-state index is 0.0543. The van der Waals surface area contributed by atoms with Gasteiger partial charge >= 0.3 is 0 Å². The van der Waals surface area contributed by atoms with E-state index < -0.39 is 12.0 Å². The number of phenolic OH excluding ortho intramolecular Hbond substituents is 1. The van der Waals surface area contributed by atoms with Crippen LogP contribution >= 0.6 is 0 Å². The number of carbonyl (C=O) groups is 2. The monoisotopic (exact) mass is 405 g/mol. The van der Waals surface area contributed by atoms with E-state index >= 15 is 0 Å². The molecule has 1 aliphatic carbocycles. The summed E-state index contributed by atoms with van der Waals surface area (Å²) < 4.78 is 5.06. The molecule has 1 aromatic rings. The summed E-state index contributed by atoms with van der Waals surface area (Å²) in [5.74, 6) is -0.00746. The molecule has 0 spiro atoms. The molecule has 3 N–H and O–H groups in total. The van der Waals surface area contributed by atoms with Crippen molar-refractivity contribution in [3.05, 3.63) is 23.8 Å². The van der Waals surface area contributed by atoms with Gasteiger partial charge in [-0.1, -0.05) is 12.8 Å². The second-order valence-corrected chi connectivity index (χ2v) is 7.85. The Morgan fingerprint density at radius 1 is 1.14 bits per heavy atom. The van der Waals surface area contributed by atoms with E-state index in [0.717, 1.165) is 32.4 Å². The van der Waals surface area contributed by atoms with Gasteiger partial charge in [0.15, 0.2) is 0 Å². The van der Waals surface area contributed by atoms with Crippen molar-refractivity contribution in [2.24, 2.45) is 0 Å². The number of phenols is 1. The second kappa shape index (κ2) is 9.45. The molecule has 1 aromatic carbocycles. The Morgan fingerprint density at radius 3 is 2.45 bits per heavy atom. The highest BCUT2D eigenvalue weighted by molar-refractivity contribution is 5.97. The molecular weight excluding hydrogens is 374 g/mol. The maximum atomic E-state index is 12.7. The summed E-state index contributed by atoms with van der Waals surface area (Å²) in [6, 6.07) is 4.10. The first kappa shape index (κ1) is 21.4. The molecule has 0 aromatic heterocycles. The number of aromatic hydroxyl groups is 1. The zero-order chi connectivity index (χ0) is 21.0. The van der Waals surface area contributed by atoms with Gasteiger partial charge in [-0.2, -0.15) is 0 Å². The summed E-state index contributed by atoms with van der Waals surface area (Å²) in [7, 11) is 1.49. The Kier molecular flexibility index (Phi) is 6.97. The summed E-state index contributed by atoms with van der Waals surface area (Å²) in [5, 5.41) is 24.1. The van der Waals surface area contributed by atoms with Gasteiger partial charge in [0.2, 0.25) is 5.91 Å². The van der Waals surface area contributed by atoms with Crippen LogP contribution in [0.1, 0.15) is 43.0 Å².